The molecule has 0 aromatic carbocycles. The summed E-state index contributed by atoms with van der Waals surface area (Å²) in [7, 11) is 1.64. The first-order valence-electron chi connectivity index (χ1n) is 5.83. The van der Waals surface area contributed by atoms with Gasteiger partial charge in [-0.05, 0) is 32.7 Å². The highest BCUT2D eigenvalue weighted by molar-refractivity contribution is 5.73. The molecular weight excluding hydrogens is 210 g/mol. The molecule has 0 amide bonds. The zero-order valence-electron chi connectivity index (χ0n) is 9.78. The summed E-state index contributed by atoms with van der Waals surface area (Å²) in [5.41, 5.74) is 0. The number of carboxylic acid groups (broad SMARTS) is 1. The molecule has 1 aliphatic rings. The van der Waals surface area contributed by atoms with Gasteiger partial charge >= 0.3 is 5.97 Å². The molecule has 1 fully saturated rings. The minimum Gasteiger partial charge on any atom is -0.480 e. The van der Waals surface area contributed by atoms with E-state index < -0.39 is 12.0 Å². The number of ether oxygens (including phenoxy) is 2. The summed E-state index contributed by atoms with van der Waals surface area (Å²) >= 11 is 0. The number of hydrogen-bond donors (Lipinski definition) is 2. The minimum absolute atomic E-state index is 0.201. The molecule has 2 N–H and O–H groups in total. The van der Waals surface area contributed by atoms with E-state index in [9.17, 15) is 4.79 Å². The molecular formula is C11H21NO4. The Morgan fingerprint density at radius 1 is 1.62 bits per heavy atom. The van der Waals surface area contributed by atoms with Crippen molar-refractivity contribution in [2.45, 2.75) is 37.8 Å². The van der Waals surface area contributed by atoms with Gasteiger partial charge in [0.2, 0.25) is 0 Å². The Balaban J connectivity index is 2.03. The third-order valence-corrected chi connectivity index (χ3v) is 2.78. The summed E-state index contributed by atoms with van der Waals surface area (Å²) in [6.45, 7) is 1.86. The fourth-order valence-electron chi connectivity index (χ4n) is 1.75. The second kappa shape index (κ2) is 7.60. The molecule has 0 spiro atoms. The van der Waals surface area contributed by atoms with Crippen LogP contribution in [0.5, 0.6) is 0 Å². The van der Waals surface area contributed by atoms with Gasteiger partial charge in [0.25, 0.3) is 0 Å². The van der Waals surface area contributed by atoms with Gasteiger partial charge in [-0.2, -0.15) is 0 Å². The van der Waals surface area contributed by atoms with Crippen LogP contribution in [0, 0.1) is 0 Å². The SMILES string of the molecule is CNC(CCOCC1CCCCO1)C(=O)O. The minimum atomic E-state index is -0.833. The summed E-state index contributed by atoms with van der Waals surface area (Å²) in [5, 5.41) is 11.5. The lowest BCUT2D eigenvalue weighted by Crippen LogP contribution is -2.35. The Morgan fingerprint density at radius 3 is 3.00 bits per heavy atom. The molecule has 0 aromatic rings. The maximum Gasteiger partial charge on any atom is 0.320 e. The molecule has 0 radical (unpaired) electrons. The van der Waals surface area contributed by atoms with Crippen LogP contribution < -0.4 is 5.32 Å². The van der Waals surface area contributed by atoms with Crippen LogP contribution in [-0.4, -0.2) is 50.1 Å². The Morgan fingerprint density at radius 2 is 2.44 bits per heavy atom. The first-order chi connectivity index (χ1) is 7.74. The normalized spacial score (nSPS) is 22.9. The van der Waals surface area contributed by atoms with Crippen molar-refractivity contribution >= 4 is 5.97 Å². The lowest BCUT2D eigenvalue weighted by Gasteiger charge is -2.22. The van der Waals surface area contributed by atoms with Crippen molar-refractivity contribution < 1.29 is 19.4 Å². The van der Waals surface area contributed by atoms with Crippen LogP contribution in [0.2, 0.25) is 0 Å². The summed E-state index contributed by atoms with van der Waals surface area (Å²) in [6.07, 6.45) is 4.07. The molecule has 1 heterocycles. The molecule has 2 atom stereocenters. The van der Waals surface area contributed by atoms with Crippen LogP contribution in [0.4, 0.5) is 0 Å². The van der Waals surface area contributed by atoms with E-state index in [4.69, 9.17) is 14.6 Å². The van der Waals surface area contributed by atoms with E-state index in [-0.39, 0.29) is 6.10 Å². The van der Waals surface area contributed by atoms with Gasteiger partial charge in [0.15, 0.2) is 0 Å². The monoisotopic (exact) mass is 231 g/mol. The standard InChI is InChI=1S/C11H21NO4/c1-12-10(11(13)14)5-7-15-8-9-4-2-3-6-16-9/h9-10,12H,2-8H2,1H3,(H,13,14). The molecule has 1 aliphatic heterocycles. The highest BCUT2D eigenvalue weighted by atomic mass is 16.5. The Kier molecular flexibility index (Phi) is 6.37. The zero-order chi connectivity index (χ0) is 11.8. The van der Waals surface area contributed by atoms with Crippen molar-refractivity contribution in [3.63, 3.8) is 0 Å². The predicted molar refractivity (Wildman–Crippen MR) is 59.5 cm³/mol. The number of rotatable bonds is 7. The van der Waals surface area contributed by atoms with E-state index in [0.29, 0.717) is 19.6 Å². The second-order valence-corrected chi connectivity index (χ2v) is 4.03. The molecule has 1 rings (SSSR count). The smallest absolute Gasteiger partial charge is 0.320 e. The van der Waals surface area contributed by atoms with Crippen LogP contribution in [-0.2, 0) is 14.3 Å². The lowest BCUT2D eigenvalue weighted by molar-refractivity contribution is -0.140. The topological polar surface area (TPSA) is 67.8 Å². The fraction of sp³-hybridized carbons (Fsp3) is 0.909. The quantitative estimate of drug-likeness (QED) is 0.629. The van der Waals surface area contributed by atoms with Gasteiger partial charge in [0.1, 0.15) is 6.04 Å². The predicted octanol–water partition coefficient (Wildman–Crippen LogP) is 0.635. The third-order valence-electron chi connectivity index (χ3n) is 2.78. The van der Waals surface area contributed by atoms with Crippen LogP contribution >= 0.6 is 0 Å². The summed E-state index contributed by atoms with van der Waals surface area (Å²) in [4.78, 5) is 10.7. The lowest BCUT2D eigenvalue weighted by atomic mass is 10.1. The Hall–Kier alpha value is -0.650. The van der Waals surface area contributed by atoms with Crippen molar-refractivity contribution in [1.82, 2.24) is 5.32 Å². The van der Waals surface area contributed by atoms with Crippen LogP contribution in [0.3, 0.4) is 0 Å². The van der Waals surface area contributed by atoms with E-state index in [1.807, 2.05) is 0 Å². The second-order valence-electron chi connectivity index (χ2n) is 4.03. The van der Waals surface area contributed by atoms with Gasteiger partial charge in [-0.1, -0.05) is 0 Å². The molecule has 2 unspecified atom stereocenters. The molecule has 0 aliphatic carbocycles. The maximum atomic E-state index is 10.7. The molecule has 0 saturated carbocycles. The van der Waals surface area contributed by atoms with Gasteiger partial charge in [-0.25, -0.2) is 0 Å². The number of aliphatic carboxylic acids is 1. The highest BCUT2D eigenvalue weighted by Crippen LogP contribution is 2.12. The highest BCUT2D eigenvalue weighted by Gasteiger charge is 2.16. The number of nitrogens with one attached hydrogen (secondary N) is 1. The molecule has 0 bridgehead atoms. The Bertz CT molecular complexity index is 204. The van der Waals surface area contributed by atoms with E-state index >= 15 is 0 Å². The van der Waals surface area contributed by atoms with E-state index in [0.717, 1.165) is 19.4 Å². The Labute approximate surface area is 96.1 Å². The number of hydrogen-bond acceptors (Lipinski definition) is 4. The first-order valence-corrected chi connectivity index (χ1v) is 5.83. The van der Waals surface area contributed by atoms with E-state index in [2.05, 4.69) is 5.32 Å². The largest absolute Gasteiger partial charge is 0.480 e. The van der Waals surface area contributed by atoms with E-state index in [1.165, 1.54) is 6.42 Å². The molecule has 94 valence electrons. The average molecular weight is 231 g/mol. The van der Waals surface area contributed by atoms with Gasteiger partial charge in [0, 0.05) is 13.2 Å². The summed E-state index contributed by atoms with van der Waals surface area (Å²) in [5.74, 6) is -0.833. The van der Waals surface area contributed by atoms with Crippen molar-refractivity contribution in [3.8, 4) is 0 Å². The van der Waals surface area contributed by atoms with Crippen molar-refractivity contribution in [2.24, 2.45) is 0 Å². The third kappa shape index (κ3) is 4.92. The van der Waals surface area contributed by atoms with Crippen molar-refractivity contribution in [1.29, 1.82) is 0 Å². The van der Waals surface area contributed by atoms with Crippen LogP contribution in [0.1, 0.15) is 25.7 Å². The molecule has 0 aromatic heterocycles. The molecule has 16 heavy (non-hydrogen) atoms. The number of likely N-dealkylation sites (N-methyl/N-ethyl adjacent to an activating group) is 1. The van der Waals surface area contributed by atoms with E-state index in [1.54, 1.807) is 7.05 Å². The van der Waals surface area contributed by atoms with Gasteiger partial charge < -0.3 is 19.9 Å². The summed E-state index contributed by atoms with van der Waals surface area (Å²) < 4.78 is 10.9. The van der Waals surface area contributed by atoms with Crippen molar-refractivity contribution in [3.05, 3.63) is 0 Å². The molecule has 5 heteroatoms. The maximum absolute atomic E-state index is 10.7. The molecule has 5 nitrogen and oxygen atoms in total. The zero-order valence-corrected chi connectivity index (χ0v) is 9.78. The molecule has 1 saturated heterocycles. The summed E-state index contributed by atoms with van der Waals surface area (Å²) in [6, 6.07) is -0.521. The fourth-order valence-corrected chi connectivity index (χ4v) is 1.75. The number of carboxylic acids is 1. The first kappa shape index (κ1) is 13.4. The van der Waals surface area contributed by atoms with Crippen molar-refractivity contribution in [2.75, 3.05) is 26.9 Å². The average Bonchev–Trinajstić information content (AvgIpc) is 2.30. The number of carbonyl (C=O) groups is 1. The van der Waals surface area contributed by atoms with Gasteiger partial charge in [-0.15, -0.1) is 0 Å². The van der Waals surface area contributed by atoms with Crippen LogP contribution in [0.25, 0.3) is 0 Å². The van der Waals surface area contributed by atoms with Gasteiger partial charge in [-0.3, -0.25) is 4.79 Å². The van der Waals surface area contributed by atoms with Gasteiger partial charge in [0.05, 0.1) is 12.7 Å². The van der Waals surface area contributed by atoms with Crippen LogP contribution in [0.15, 0.2) is 0 Å².